The maximum absolute atomic E-state index is 13.4. The lowest BCUT2D eigenvalue weighted by Gasteiger charge is -2.26. The van der Waals surface area contributed by atoms with Gasteiger partial charge in [-0.05, 0) is 62.8 Å². The van der Waals surface area contributed by atoms with Crippen molar-refractivity contribution < 1.29 is 27.9 Å². The average Bonchev–Trinajstić information content (AvgIpc) is 3.21. The summed E-state index contributed by atoms with van der Waals surface area (Å²) in [7, 11) is -3.98. The molecule has 2 aromatic carbocycles. The van der Waals surface area contributed by atoms with Crippen LogP contribution in [0.15, 0.2) is 41.3 Å². The van der Waals surface area contributed by atoms with Crippen LogP contribution in [-0.4, -0.2) is 54.5 Å². The first kappa shape index (κ1) is 26.2. The molecular formula is C24H30N2O6S2. The van der Waals surface area contributed by atoms with Crippen molar-refractivity contribution in [3.05, 3.63) is 58.7 Å². The quantitative estimate of drug-likeness (QED) is 0.415. The van der Waals surface area contributed by atoms with Crippen molar-refractivity contribution in [2.24, 2.45) is 11.1 Å². The number of nitrogens with two attached hydrogens (primary N) is 1. The third-order valence-corrected chi connectivity index (χ3v) is 7.90. The van der Waals surface area contributed by atoms with Gasteiger partial charge in [0.25, 0.3) is 10.2 Å². The van der Waals surface area contributed by atoms with Crippen LogP contribution in [0.5, 0.6) is 5.75 Å². The molecule has 0 saturated carbocycles. The lowest BCUT2D eigenvalue weighted by molar-refractivity contribution is -0.152. The van der Waals surface area contributed by atoms with Crippen LogP contribution in [0.1, 0.15) is 46.8 Å². The number of carbonyl (C=O) groups is 2. The van der Waals surface area contributed by atoms with Gasteiger partial charge in [-0.2, -0.15) is 12.7 Å². The third kappa shape index (κ3) is 5.46. The van der Waals surface area contributed by atoms with Crippen LogP contribution >= 0.6 is 11.8 Å². The molecule has 184 valence electrons. The zero-order chi connectivity index (χ0) is 25.4. The van der Waals surface area contributed by atoms with Crippen LogP contribution in [0.4, 0.5) is 0 Å². The summed E-state index contributed by atoms with van der Waals surface area (Å²) in [6.07, 6.45) is 1.95. The first-order valence-electron chi connectivity index (χ1n) is 10.7. The molecule has 2 unspecified atom stereocenters. The molecule has 0 bridgehead atoms. The van der Waals surface area contributed by atoms with Gasteiger partial charge >= 0.3 is 5.97 Å². The van der Waals surface area contributed by atoms with Crippen molar-refractivity contribution in [3.8, 4) is 5.75 Å². The van der Waals surface area contributed by atoms with E-state index in [1.165, 1.54) is 13.8 Å². The minimum absolute atomic E-state index is 0.00496. The zero-order valence-electron chi connectivity index (χ0n) is 19.9. The van der Waals surface area contributed by atoms with Gasteiger partial charge in [-0.15, -0.1) is 11.8 Å². The third-order valence-electron chi connectivity index (χ3n) is 6.14. The zero-order valence-corrected chi connectivity index (χ0v) is 21.5. The smallest absolute Gasteiger partial charge is 0.347 e. The molecule has 0 aromatic heterocycles. The van der Waals surface area contributed by atoms with E-state index in [2.05, 4.69) is 0 Å². The average molecular weight is 507 g/mol. The Morgan fingerprint density at radius 1 is 1.12 bits per heavy atom. The Morgan fingerprint density at radius 2 is 1.68 bits per heavy atom. The van der Waals surface area contributed by atoms with Crippen molar-refractivity contribution in [2.45, 2.75) is 44.1 Å². The van der Waals surface area contributed by atoms with E-state index in [-0.39, 0.29) is 18.9 Å². The van der Waals surface area contributed by atoms with E-state index < -0.39 is 33.6 Å². The number of ether oxygens (including phenoxy) is 1. The van der Waals surface area contributed by atoms with Crippen molar-refractivity contribution in [2.75, 3.05) is 19.3 Å². The summed E-state index contributed by atoms with van der Waals surface area (Å²) in [5, 5.41) is 14.8. The fourth-order valence-electron chi connectivity index (χ4n) is 4.21. The molecule has 0 aliphatic carbocycles. The van der Waals surface area contributed by atoms with Gasteiger partial charge in [0.15, 0.2) is 11.4 Å². The summed E-state index contributed by atoms with van der Waals surface area (Å²) in [5.74, 6) is -1.81. The van der Waals surface area contributed by atoms with Crippen LogP contribution in [0.25, 0.3) is 0 Å². The van der Waals surface area contributed by atoms with Gasteiger partial charge in [0.05, 0.1) is 0 Å². The number of nitrogens with zero attached hydrogens (tertiary/aromatic N) is 1. The Hall–Kier alpha value is -2.40. The van der Waals surface area contributed by atoms with Gasteiger partial charge in [-0.3, -0.25) is 4.79 Å². The largest absolute Gasteiger partial charge is 0.478 e. The Labute approximate surface area is 204 Å². The van der Waals surface area contributed by atoms with Gasteiger partial charge in [0, 0.05) is 35.4 Å². The molecule has 3 N–H and O–H groups in total. The van der Waals surface area contributed by atoms with Crippen molar-refractivity contribution in [1.82, 2.24) is 4.31 Å². The number of thioether (sulfide) groups is 1. The maximum atomic E-state index is 13.4. The number of hydrogen-bond acceptors (Lipinski definition) is 6. The number of Topliss-reactive ketones (excluding diaryl/α,β-unsaturated/α-hetero) is 1. The molecule has 1 heterocycles. The highest BCUT2D eigenvalue weighted by Crippen LogP contribution is 2.39. The maximum Gasteiger partial charge on any atom is 0.347 e. The second-order valence-electron chi connectivity index (χ2n) is 9.07. The second kappa shape index (κ2) is 9.69. The highest BCUT2D eigenvalue weighted by molar-refractivity contribution is 7.98. The number of hydrogen-bond donors (Lipinski definition) is 2. The van der Waals surface area contributed by atoms with Gasteiger partial charge in [-0.1, -0.05) is 24.3 Å². The number of carboxylic acids is 1. The van der Waals surface area contributed by atoms with Crippen LogP contribution in [-0.2, 0) is 15.0 Å². The van der Waals surface area contributed by atoms with E-state index in [4.69, 9.17) is 9.88 Å². The van der Waals surface area contributed by atoms with E-state index in [0.717, 1.165) is 14.8 Å². The summed E-state index contributed by atoms with van der Waals surface area (Å²) in [4.78, 5) is 26.0. The summed E-state index contributed by atoms with van der Waals surface area (Å²) in [6, 6.07) is 10.9. The minimum Gasteiger partial charge on any atom is -0.478 e. The molecule has 2 atom stereocenters. The summed E-state index contributed by atoms with van der Waals surface area (Å²) in [5.41, 5.74) is 1.28. The molecule has 0 amide bonds. The number of carbonyl (C=O) groups excluding carboxylic acids is 1. The summed E-state index contributed by atoms with van der Waals surface area (Å²) in [6.45, 7) is 6.62. The van der Waals surface area contributed by atoms with Gasteiger partial charge in [0.2, 0.25) is 0 Å². The number of ketones is 1. The highest BCUT2D eigenvalue weighted by Gasteiger charge is 2.42. The SMILES string of the molecule is CSc1ccc(C(=O)C2CN(S(N)(=O)=O)CC2c2cc(C)c(OC(C)(C)C(=O)O)c(C)c2)cc1. The summed E-state index contributed by atoms with van der Waals surface area (Å²) < 4.78 is 31.2. The highest BCUT2D eigenvalue weighted by atomic mass is 32.2. The molecule has 0 spiro atoms. The Kier molecular flexibility index (Phi) is 7.47. The standard InChI is InChI=1S/C24H30N2O6S2/c1-14-10-17(11-15(2)22(14)32-24(3,4)23(28)29)19-12-26(34(25,30)31)13-20(19)21(27)16-6-8-18(33-5)9-7-16/h6-11,19-20H,12-13H2,1-5H3,(H,28,29)(H2,25,30,31). The molecular weight excluding hydrogens is 476 g/mol. The van der Waals surface area contributed by atoms with Crippen LogP contribution in [0.2, 0.25) is 0 Å². The predicted octanol–water partition coefficient (Wildman–Crippen LogP) is 3.37. The number of benzene rings is 2. The van der Waals surface area contributed by atoms with E-state index in [1.807, 2.05) is 30.5 Å². The van der Waals surface area contributed by atoms with Gasteiger partial charge < -0.3 is 9.84 Å². The number of aryl methyl sites for hydroxylation is 2. The molecule has 34 heavy (non-hydrogen) atoms. The van der Waals surface area contributed by atoms with E-state index >= 15 is 0 Å². The normalized spacial score (nSPS) is 19.2. The van der Waals surface area contributed by atoms with Crippen molar-refractivity contribution in [3.63, 3.8) is 0 Å². The fourth-order valence-corrected chi connectivity index (χ4v) is 5.35. The molecule has 1 aliphatic heterocycles. The first-order valence-corrected chi connectivity index (χ1v) is 13.5. The minimum atomic E-state index is -3.98. The predicted molar refractivity (Wildman–Crippen MR) is 132 cm³/mol. The number of carboxylic acid groups (broad SMARTS) is 1. The van der Waals surface area contributed by atoms with Gasteiger partial charge in [0.1, 0.15) is 5.75 Å². The first-order chi connectivity index (χ1) is 15.7. The van der Waals surface area contributed by atoms with Crippen molar-refractivity contribution >= 4 is 33.7 Å². The molecule has 3 rings (SSSR count). The Bertz CT molecular complexity index is 1190. The van der Waals surface area contributed by atoms with E-state index in [0.29, 0.717) is 22.4 Å². The van der Waals surface area contributed by atoms with Crippen LogP contribution in [0, 0.1) is 19.8 Å². The summed E-state index contributed by atoms with van der Waals surface area (Å²) >= 11 is 1.57. The molecule has 1 saturated heterocycles. The number of aliphatic carboxylic acids is 1. The Morgan fingerprint density at radius 3 is 2.15 bits per heavy atom. The molecule has 1 fully saturated rings. The molecule has 0 radical (unpaired) electrons. The molecule has 10 heteroatoms. The van der Waals surface area contributed by atoms with Gasteiger partial charge in [-0.25, -0.2) is 9.93 Å². The molecule has 1 aliphatic rings. The van der Waals surface area contributed by atoms with Crippen LogP contribution in [0.3, 0.4) is 0 Å². The lowest BCUT2D eigenvalue weighted by Crippen LogP contribution is -2.38. The molecule has 8 nitrogen and oxygen atoms in total. The lowest BCUT2D eigenvalue weighted by atomic mass is 9.82. The second-order valence-corrected chi connectivity index (χ2v) is 11.5. The van der Waals surface area contributed by atoms with E-state index in [9.17, 15) is 23.1 Å². The molecule has 2 aromatic rings. The van der Waals surface area contributed by atoms with E-state index in [1.54, 1.807) is 37.7 Å². The fraction of sp³-hybridized carbons (Fsp3) is 0.417. The van der Waals surface area contributed by atoms with Crippen LogP contribution < -0.4 is 9.88 Å². The number of rotatable bonds is 8. The Balaban J connectivity index is 2.00. The monoisotopic (exact) mass is 506 g/mol. The topological polar surface area (TPSA) is 127 Å². The van der Waals surface area contributed by atoms with Crippen molar-refractivity contribution in [1.29, 1.82) is 0 Å².